The molecule has 1 fully saturated rings. The molecule has 13 nitrogen and oxygen atoms in total. The number of sulfonamides is 1. The molecule has 0 bridgehead atoms. The fourth-order valence-electron chi connectivity index (χ4n) is 5.12. The zero-order valence-corrected chi connectivity index (χ0v) is 27.5. The maximum atomic E-state index is 13.8. The molecule has 0 saturated carbocycles. The maximum absolute atomic E-state index is 13.8. The second kappa shape index (κ2) is 14.5. The molecule has 2 aromatic carbocycles. The van der Waals surface area contributed by atoms with Gasteiger partial charge in [-0.25, -0.2) is 18.4 Å². The summed E-state index contributed by atoms with van der Waals surface area (Å²) in [5, 5.41) is 5.35. The first-order valence-electron chi connectivity index (χ1n) is 15.1. The number of hydrogen-bond acceptors (Lipinski definition) is 10. The predicted octanol–water partition coefficient (Wildman–Crippen LogP) is 4.16. The summed E-state index contributed by atoms with van der Waals surface area (Å²) in [6.45, 7) is 2.75. The van der Waals surface area contributed by atoms with E-state index in [0.29, 0.717) is 11.1 Å². The number of rotatable bonds is 10. The van der Waals surface area contributed by atoms with Gasteiger partial charge < -0.3 is 25.0 Å². The number of hydrogen-bond donors (Lipinski definition) is 2. The number of amides is 2. The Balaban J connectivity index is 1.43. The van der Waals surface area contributed by atoms with E-state index in [2.05, 4.69) is 35.1 Å². The SMILES string of the molecule is CC(C)NC(=O)c1cncc2ncc(N3CCN(S(=O)(=O)c4ccc(OC(F)(F)F)cc4)[C@@H](C(=O)NCc4ccc(OC(F)(F)F)cc4)C3)nc12. The van der Waals surface area contributed by atoms with Gasteiger partial charge in [0.05, 0.1) is 22.9 Å². The van der Waals surface area contributed by atoms with Gasteiger partial charge in [0.2, 0.25) is 15.9 Å². The van der Waals surface area contributed by atoms with E-state index in [-0.39, 0.29) is 49.1 Å². The van der Waals surface area contributed by atoms with Crippen molar-refractivity contribution in [1.82, 2.24) is 29.9 Å². The van der Waals surface area contributed by atoms with Crippen LogP contribution >= 0.6 is 0 Å². The molecule has 0 spiro atoms. The fourth-order valence-corrected chi connectivity index (χ4v) is 6.69. The summed E-state index contributed by atoms with van der Waals surface area (Å²) in [4.78, 5) is 40.7. The van der Waals surface area contributed by atoms with Crippen molar-refractivity contribution in [3.63, 3.8) is 0 Å². The van der Waals surface area contributed by atoms with Gasteiger partial charge in [-0.3, -0.25) is 14.6 Å². The molecule has 2 aromatic heterocycles. The summed E-state index contributed by atoms with van der Waals surface area (Å²) >= 11 is 0. The van der Waals surface area contributed by atoms with Gasteiger partial charge in [-0.1, -0.05) is 12.1 Å². The topological polar surface area (TPSA) is 156 Å². The van der Waals surface area contributed by atoms with Gasteiger partial charge in [0, 0.05) is 38.4 Å². The molecule has 0 radical (unpaired) electrons. The van der Waals surface area contributed by atoms with Crippen molar-refractivity contribution in [2.45, 2.75) is 50.1 Å². The minimum Gasteiger partial charge on any atom is -0.406 e. The van der Waals surface area contributed by atoms with E-state index in [4.69, 9.17) is 0 Å². The van der Waals surface area contributed by atoms with E-state index < -0.39 is 57.0 Å². The van der Waals surface area contributed by atoms with E-state index >= 15 is 0 Å². The number of benzene rings is 2. The molecule has 2 N–H and O–H groups in total. The summed E-state index contributed by atoms with van der Waals surface area (Å²) in [6.07, 6.45) is -5.81. The Bertz CT molecular complexity index is 2000. The number of piperazine rings is 1. The van der Waals surface area contributed by atoms with Crippen molar-refractivity contribution in [2.24, 2.45) is 0 Å². The Hall–Kier alpha value is -5.24. The molecule has 3 heterocycles. The van der Waals surface area contributed by atoms with E-state index in [1.165, 1.54) is 30.7 Å². The Morgan fingerprint density at radius 1 is 0.902 bits per heavy atom. The van der Waals surface area contributed by atoms with Crippen LogP contribution in [0.4, 0.5) is 32.2 Å². The van der Waals surface area contributed by atoms with Crippen LogP contribution < -0.4 is 25.0 Å². The van der Waals surface area contributed by atoms with Gasteiger partial charge >= 0.3 is 12.7 Å². The lowest BCUT2D eigenvalue weighted by molar-refractivity contribution is -0.275. The highest BCUT2D eigenvalue weighted by atomic mass is 32.2. The van der Waals surface area contributed by atoms with E-state index in [1.807, 2.05) is 0 Å². The second-order valence-electron chi connectivity index (χ2n) is 11.4. The Morgan fingerprint density at radius 2 is 1.51 bits per heavy atom. The van der Waals surface area contributed by atoms with Crippen LogP contribution in [0.2, 0.25) is 0 Å². The maximum Gasteiger partial charge on any atom is 0.573 e. The highest BCUT2D eigenvalue weighted by Crippen LogP contribution is 2.29. The number of carbonyl (C=O) groups excluding carboxylic acids is 2. The number of nitrogens with zero attached hydrogens (tertiary/aromatic N) is 5. The van der Waals surface area contributed by atoms with Crippen molar-refractivity contribution in [3.8, 4) is 11.5 Å². The van der Waals surface area contributed by atoms with Crippen molar-refractivity contribution in [3.05, 3.63) is 78.2 Å². The van der Waals surface area contributed by atoms with Crippen LogP contribution in [-0.2, 0) is 21.4 Å². The lowest BCUT2D eigenvalue weighted by Crippen LogP contribution is -2.60. The summed E-state index contributed by atoms with van der Waals surface area (Å²) in [5.74, 6) is -2.19. The van der Waals surface area contributed by atoms with Gasteiger partial charge in [0.25, 0.3) is 5.91 Å². The Labute approximate surface area is 286 Å². The highest BCUT2D eigenvalue weighted by Gasteiger charge is 2.41. The third-order valence-electron chi connectivity index (χ3n) is 7.35. The highest BCUT2D eigenvalue weighted by molar-refractivity contribution is 7.89. The van der Waals surface area contributed by atoms with Gasteiger partial charge in [0.1, 0.15) is 34.4 Å². The normalized spacial score (nSPS) is 15.9. The molecule has 1 aliphatic heterocycles. The average Bonchev–Trinajstić information content (AvgIpc) is 3.05. The molecule has 20 heteroatoms. The molecule has 4 aromatic rings. The summed E-state index contributed by atoms with van der Waals surface area (Å²) in [6, 6.07) is 6.48. The fraction of sp³-hybridized carbons (Fsp3) is 0.323. The largest absolute Gasteiger partial charge is 0.573 e. The first kappa shape index (κ1) is 37.0. The first-order valence-corrected chi connectivity index (χ1v) is 16.5. The van der Waals surface area contributed by atoms with Crippen LogP contribution in [0.25, 0.3) is 11.0 Å². The third kappa shape index (κ3) is 9.31. The molecular weight excluding hydrogens is 712 g/mol. The molecule has 0 unspecified atom stereocenters. The lowest BCUT2D eigenvalue weighted by atomic mass is 10.1. The molecule has 1 atom stereocenters. The third-order valence-corrected chi connectivity index (χ3v) is 9.28. The number of pyridine rings is 1. The molecule has 272 valence electrons. The standard InChI is InChI=1S/C31H29F6N7O6S/c1-18(2)41-28(45)23-14-38-15-24-27(23)42-26(16-39-24)43-11-12-44(51(47,48)22-9-7-21(8-10-22)50-31(35,36)37)25(17-43)29(46)40-13-19-3-5-20(6-4-19)49-30(32,33)34/h3-10,14-16,18,25H,11-13,17H2,1-2H3,(H,40,46)(H,41,45)/t25-/m1/s1. The molecular formula is C31H29F6N7O6S. The number of anilines is 1. The summed E-state index contributed by atoms with van der Waals surface area (Å²) in [7, 11) is -4.50. The average molecular weight is 742 g/mol. The number of alkyl halides is 6. The summed E-state index contributed by atoms with van der Waals surface area (Å²) < 4.78 is 112. The molecule has 1 saturated heterocycles. The molecule has 51 heavy (non-hydrogen) atoms. The van der Waals surface area contributed by atoms with Crippen LogP contribution in [0.1, 0.15) is 29.8 Å². The van der Waals surface area contributed by atoms with Gasteiger partial charge in [-0.05, 0) is 55.8 Å². The number of nitrogens with one attached hydrogen (secondary N) is 2. The van der Waals surface area contributed by atoms with E-state index in [1.54, 1.807) is 18.7 Å². The molecule has 5 rings (SSSR count). The summed E-state index contributed by atoms with van der Waals surface area (Å²) in [5.41, 5.74) is 1.00. The van der Waals surface area contributed by atoms with Gasteiger partial charge in [-0.15, -0.1) is 26.3 Å². The van der Waals surface area contributed by atoms with Gasteiger partial charge in [-0.2, -0.15) is 4.31 Å². The van der Waals surface area contributed by atoms with Crippen LogP contribution in [0, 0.1) is 0 Å². The number of carbonyl (C=O) groups is 2. The van der Waals surface area contributed by atoms with E-state index in [9.17, 15) is 44.3 Å². The van der Waals surface area contributed by atoms with E-state index in [0.717, 1.165) is 40.7 Å². The van der Waals surface area contributed by atoms with Crippen LogP contribution in [0.15, 0.2) is 72.0 Å². The predicted molar refractivity (Wildman–Crippen MR) is 168 cm³/mol. The molecule has 1 aliphatic rings. The number of ether oxygens (including phenoxy) is 2. The van der Waals surface area contributed by atoms with Crippen LogP contribution in [0.5, 0.6) is 11.5 Å². The van der Waals surface area contributed by atoms with Crippen LogP contribution in [0.3, 0.4) is 0 Å². The smallest absolute Gasteiger partial charge is 0.406 e. The zero-order valence-electron chi connectivity index (χ0n) is 26.7. The van der Waals surface area contributed by atoms with Crippen molar-refractivity contribution < 1.29 is 53.8 Å². The zero-order chi connectivity index (χ0) is 37.1. The van der Waals surface area contributed by atoms with Crippen molar-refractivity contribution >= 4 is 38.7 Å². The minimum atomic E-state index is -5.01. The number of halogens is 6. The van der Waals surface area contributed by atoms with Crippen LogP contribution in [-0.4, -0.2) is 83.9 Å². The van der Waals surface area contributed by atoms with Gasteiger partial charge in [0.15, 0.2) is 0 Å². The Morgan fingerprint density at radius 3 is 2.10 bits per heavy atom. The first-order chi connectivity index (χ1) is 23.9. The Kier molecular flexibility index (Phi) is 10.6. The monoisotopic (exact) mass is 741 g/mol. The molecule has 2 amide bonds. The molecule has 0 aliphatic carbocycles. The lowest BCUT2D eigenvalue weighted by Gasteiger charge is -2.40. The number of fused-ring (bicyclic) bond motifs is 1. The van der Waals surface area contributed by atoms with Crippen molar-refractivity contribution in [1.29, 1.82) is 0 Å². The number of aromatic nitrogens is 3. The second-order valence-corrected chi connectivity index (χ2v) is 13.3. The van der Waals surface area contributed by atoms with Crippen molar-refractivity contribution in [2.75, 3.05) is 24.5 Å². The quantitative estimate of drug-likeness (QED) is 0.227. The minimum absolute atomic E-state index is 0.0161.